The number of carboxylic acids is 1. The number of rotatable bonds is 8. The molecule has 2 amide bonds. The average molecular weight is 463 g/mol. The molecule has 0 fully saturated rings. The molecule has 176 valence electrons. The molecule has 10 nitrogen and oxygen atoms in total. The van der Waals surface area contributed by atoms with Crippen molar-refractivity contribution in [3.8, 4) is 11.1 Å². The molecule has 4 N–H and O–H groups in total. The lowest BCUT2D eigenvalue weighted by Crippen LogP contribution is -2.47. The number of benzene rings is 2. The number of aromatic nitrogens is 2. The third kappa shape index (κ3) is 4.91. The largest absolute Gasteiger partial charge is 0.480 e. The van der Waals surface area contributed by atoms with Crippen LogP contribution in [0.4, 0.5) is 10.6 Å². The molecule has 10 heteroatoms. The zero-order chi connectivity index (χ0) is 24.2. The van der Waals surface area contributed by atoms with Gasteiger partial charge < -0.3 is 20.1 Å². The summed E-state index contributed by atoms with van der Waals surface area (Å²) in [6.07, 6.45) is -0.712. The predicted molar refractivity (Wildman–Crippen MR) is 125 cm³/mol. The summed E-state index contributed by atoms with van der Waals surface area (Å²) < 4.78 is 5.47. The van der Waals surface area contributed by atoms with Crippen LogP contribution in [0.1, 0.15) is 27.5 Å². The van der Waals surface area contributed by atoms with E-state index in [-0.39, 0.29) is 30.6 Å². The number of ether oxygens (including phenoxy) is 1. The van der Waals surface area contributed by atoms with Crippen molar-refractivity contribution in [3.05, 3.63) is 71.4 Å². The fourth-order valence-corrected chi connectivity index (χ4v) is 4.03. The molecule has 0 bridgehead atoms. The summed E-state index contributed by atoms with van der Waals surface area (Å²) in [5.74, 6) is -1.80. The van der Waals surface area contributed by atoms with Crippen LogP contribution in [0.3, 0.4) is 0 Å². The van der Waals surface area contributed by atoms with Crippen LogP contribution in [0, 0.1) is 0 Å². The Morgan fingerprint density at radius 1 is 1.09 bits per heavy atom. The lowest BCUT2D eigenvalue weighted by molar-refractivity contribution is -0.139. The summed E-state index contributed by atoms with van der Waals surface area (Å²) >= 11 is 0. The number of anilines is 1. The van der Waals surface area contributed by atoms with Crippen molar-refractivity contribution < 1.29 is 24.2 Å². The zero-order valence-electron chi connectivity index (χ0n) is 18.7. The molecule has 4 rings (SSSR count). The molecule has 1 aromatic heterocycles. The van der Waals surface area contributed by atoms with E-state index in [1.54, 1.807) is 19.0 Å². The van der Waals surface area contributed by atoms with Crippen molar-refractivity contribution in [3.63, 3.8) is 0 Å². The number of likely N-dealkylation sites (N-methyl/N-ethyl adjacent to an activating group) is 1. The number of aliphatic carboxylic acids is 1. The van der Waals surface area contributed by atoms with Gasteiger partial charge in [0.05, 0.1) is 0 Å². The van der Waals surface area contributed by atoms with E-state index < -0.39 is 24.0 Å². The highest BCUT2D eigenvalue weighted by molar-refractivity contribution is 5.96. The van der Waals surface area contributed by atoms with E-state index >= 15 is 0 Å². The highest BCUT2D eigenvalue weighted by Crippen LogP contribution is 2.44. The fraction of sp³-hybridized carbons (Fsp3) is 0.250. The third-order valence-corrected chi connectivity index (χ3v) is 5.55. The summed E-state index contributed by atoms with van der Waals surface area (Å²) in [7, 11) is 3.41. The molecule has 3 aromatic rings. The first-order valence-corrected chi connectivity index (χ1v) is 10.7. The van der Waals surface area contributed by atoms with Crippen LogP contribution in [0.25, 0.3) is 11.1 Å². The van der Waals surface area contributed by atoms with Crippen molar-refractivity contribution in [1.82, 2.24) is 20.4 Å². The Bertz CT molecular complexity index is 1180. The maximum absolute atomic E-state index is 12.4. The minimum atomic E-state index is -1.15. The van der Waals surface area contributed by atoms with Gasteiger partial charge in [0, 0.05) is 18.5 Å². The first kappa shape index (κ1) is 23.0. The van der Waals surface area contributed by atoms with Crippen molar-refractivity contribution in [1.29, 1.82) is 0 Å². The smallest absolute Gasteiger partial charge is 0.412 e. The van der Waals surface area contributed by atoms with Crippen LogP contribution in [0.5, 0.6) is 0 Å². The maximum Gasteiger partial charge on any atom is 0.412 e. The van der Waals surface area contributed by atoms with Crippen LogP contribution in [0.2, 0.25) is 0 Å². The number of carbonyl (C=O) groups excluding carboxylic acids is 2. The zero-order valence-corrected chi connectivity index (χ0v) is 18.7. The van der Waals surface area contributed by atoms with Gasteiger partial charge in [0.1, 0.15) is 18.3 Å². The van der Waals surface area contributed by atoms with Gasteiger partial charge in [0.25, 0.3) is 5.91 Å². The quantitative estimate of drug-likeness (QED) is 0.403. The first-order valence-electron chi connectivity index (χ1n) is 10.7. The first-order chi connectivity index (χ1) is 16.3. The van der Waals surface area contributed by atoms with Gasteiger partial charge in [0.15, 0.2) is 5.82 Å². The second-order valence-electron chi connectivity index (χ2n) is 8.24. The molecule has 1 aliphatic rings. The van der Waals surface area contributed by atoms with Gasteiger partial charge in [-0.05, 0) is 36.3 Å². The number of nitrogens with one attached hydrogen (secondary N) is 3. The number of fused-ring (bicyclic) bond motifs is 3. The minimum absolute atomic E-state index is 0.0129. The van der Waals surface area contributed by atoms with E-state index in [9.17, 15) is 19.5 Å². The van der Waals surface area contributed by atoms with Gasteiger partial charge in [-0.1, -0.05) is 48.5 Å². The summed E-state index contributed by atoms with van der Waals surface area (Å²) in [5.41, 5.74) is 4.47. The van der Waals surface area contributed by atoms with Gasteiger partial charge in [-0.3, -0.25) is 15.2 Å². The molecular weight excluding hydrogens is 438 g/mol. The Hall–Kier alpha value is -4.18. The molecule has 0 saturated carbocycles. The molecule has 0 radical (unpaired) electrons. The van der Waals surface area contributed by atoms with E-state index in [1.807, 2.05) is 36.4 Å². The number of nitrogens with zero attached hydrogens (tertiary/aromatic N) is 2. The Kier molecular flexibility index (Phi) is 6.60. The van der Waals surface area contributed by atoms with Gasteiger partial charge in [-0.2, -0.15) is 5.10 Å². The number of aromatic amines is 1. The normalized spacial score (nSPS) is 13.1. The van der Waals surface area contributed by atoms with Crippen LogP contribution >= 0.6 is 0 Å². The summed E-state index contributed by atoms with van der Waals surface area (Å²) in [4.78, 5) is 37.8. The Morgan fingerprint density at radius 3 is 2.29 bits per heavy atom. The molecule has 1 atom stereocenters. The molecule has 0 unspecified atom stereocenters. The van der Waals surface area contributed by atoms with Gasteiger partial charge >= 0.3 is 12.1 Å². The van der Waals surface area contributed by atoms with Gasteiger partial charge in [-0.25, -0.2) is 9.59 Å². The molecule has 0 saturated heterocycles. The van der Waals surface area contributed by atoms with Crippen LogP contribution in [-0.2, 0) is 9.53 Å². The highest BCUT2D eigenvalue weighted by atomic mass is 16.5. The summed E-state index contributed by atoms with van der Waals surface area (Å²) in [5, 5.41) is 20.6. The molecule has 0 aliphatic heterocycles. The number of hydrogen-bond donors (Lipinski definition) is 4. The molecular formula is C24H25N5O5. The number of H-pyrrole nitrogens is 1. The van der Waals surface area contributed by atoms with Crippen molar-refractivity contribution in [2.24, 2.45) is 0 Å². The topological polar surface area (TPSA) is 137 Å². The van der Waals surface area contributed by atoms with E-state index in [4.69, 9.17) is 4.74 Å². The summed E-state index contributed by atoms with van der Waals surface area (Å²) in [6.45, 7) is 0.266. The molecule has 1 aliphatic carbocycles. The monoisotopic (exact) mass is 463 g/mol. The molecule has 1 heterocycles. The standard InChI is InChI=1S/C24H25N5O5/c1-29(2)12-20(23(31)32)25-22(30)19-11-21(28-27-19)26-24(33)34-13-18-16-9-5-3-7-14(16)15-8-4-6-10-17(15)18/h3-11,18,20H,12-13H2,1-2H3,(H,25,30)(H,31,32)(H2,26,27,28,33)/t20-/m0/s1. The number of carbonyl (C=O) groups is 3. The van der Waals surface area contributed by atoms with E-state index in [0.29, 0.717) is 0 Å². The van der Waals surface area contributed by atoms with Crippen molar-refractivity contribution in [2.45, 2.75) is 12.0 Å². The van der Waals surface area contributed by atoms with E-state index in [0.717, 1.165) is 22.3 Å². The second-order valence-corrected chi connectivity index (χ2v) is 8.24. The van der Waals surface area contributed by atoms with Gasteiger partial charge in [0.2, 0.25) is 0 Å². The molecule has 0 spiro atoms. The van der Waals surface area contributed by atoms with E-state index in [2.05, 4.69) is 33.0 Å². The third-order valence-electron chi connectivity index (χ3n) is 5.55. The van der Waals surface area contributed by atoms with Crippen LogP contribution in [0.15, 0.2) is 54.6 Å². The van der Waals surface area contributed by atoms with Crippen LogP contribution in [-0.4, -0.2) is 71.5 Å². The summed E-state index contributed by atoms with van der Waals surface area (Å²) in [6, 6.07) is 16.3. The predicted octanol–water partition coefficient (Wildman–Crippen LogP) is 2.52. The Labute approximate surface area is 195 Å². The van der Waals surface area contributed by atoms with Crippen LogP contribution < -0.4 is 10.6 Å². The lowest BCUT2D eigenvalue weighted by Gasteiger charge is -2.18. The average Bonchev–Trinajstić information content (AvgIpc) is 3.39. The minimum Gasteiger partial charge on any atom is -0.480 e. The molecule has 34 heavy (non-hydrogen) atoms. The van der Waals surface area contributed by atoms with Crippen molar-refractivity contribution >= 4 is 23.8 Å². The SMILES string of the molecule is CN(C)C[C@H](NC(=O)c1cc(NC(=O)OCC2c3ccccc3-c3ccccc32)n[nH]1)C(=O)O. The number of carboxylic acid groups (broad SMARTS) is 1. The van der Waals surface area contributed by atoms with E-state index in [1.165, 1.54) is 6.07 Å². The van der Waals surface area contributed by atoms with Gasteiger partial charge in [-0.15, -0.1) is 0 Å². The second kappa shape index (κ2) is 9.75. The fourth-order valence-electron chi connectivity index (χ4n) is 4.03. The number of amides is 2. The maximum atomic E-state index is 12.4. The van der Waals surface area contributed by atoms with Crippen molar-refractivity contribution in [2.75, 3.05) is 32.6 Å². The lowest BCUT2D eigenvalue weighted by atomic mass is 9.98. The Balaban J connectivity index is 1.36. The Morgan fingerprint density at radius 2 is 1.71 bits per heavy atom. The molecule has 2 aromatic carbocycles. The highest BCUT2D eigenvalue weighted by Gasteiger charge is 2.29. The number of hydrogen-bond acceptors (Lipinski definition) is 6.